The zero-order chi connectivity index (χ0) is 13.2. The molecule has 2 atom stereocenters. The third-order valence-corrected chi connectivity index (χ3v) is 4.20. The maximum atomic E-state index is 12.0. The molecule has 1 aliphatic heterocycles. The van der Waals surface area contributed by atoms with E-state index in [0.29, 0.717) is 12.1 Å². The van der Waals surface area contributed by atoms with E-state index in [1.54, 1.807) is 0 Å². The minimum Gasteiger partial charge on any atom is -0.468 e. The Kier molecular flexibility index (Phi) is 4.28. The van der Waals surface area contributed by atoms with Gasteiger partial charge in [-0.25, -0.2) is 0 Å². The zero-order valence-corrected chi connectivity index (χ0v) is 11.9. The molecule has 18 heavy (non-hydrogen) atoms. The van der Waals surface area contributed by atoms with E-state index in [0.717, 1.165) is 6.42 Å². The van der Waals surface area contributed by atoms with Gasteiger partial charge in [-0.1, -0.05) is 0 Å². The lowest BCUT2D eigenvalue weighted by Gasteiger charge is -2.34. The quantitative estimate of drug-likeness (QED) is 0.730. The van der Waals surface area contributed by atoms with Crippen LogP contribution in [0.15, 0.2) is 0 Å². The fourth-order valence-corrected chi connectivity index (χ4v) is 3.01. The fraction of sp³-hybridized carbons (Fsp3) is 0.929. The van der Waals surface area contributed by atoms with Crippen LogP contribution in [0.25, 0.3) is 0 Å². The van der Waals surface area contributed by atoms with Crippen LogP contribution in [0.1, 0.15) is 46.0 Å². The summed E-state index contributed by atoms with van der Waals surface area (Å²) in [4.78, 5) is 14.5. The third kappa shape index (κ3) is 3.23. The van der Waals surface area contributed by atoms with E-state index in [1.807, 2.05) is 6.92 Å². The second kappa shape index (κ2) is 5.57. The molecule has 0 aromatic rings. The maximum absolute atomic E-state index is 12.0. The van der Waals surface area contributed by atoms with Crippen molar-refractivity contribution in [2.75, 3.05) is 20.2 Å². The second-order valence-electron chi connectivity index (χ2n) is 6.04. The van der Waals surface area contributed by atoms with Gasteiger partial charge in [0, 0.05) is 12.1 Å². The van der Waals surface area contributed by atoms with E-state index in [4.69, 9.17) is 4.74 Å². The molecule has 0 aromatic heterocycles. The lowest BCUT2D eigenvalue weighted by Crippen LogP contribution is -2.54. The number of rotatable bonds is 6. The Hall–Kier alpha value is -0.610. The molecule has 104 valence electrons. The molecule has 2 aliphatic rings. The number of likely N-dealkylation sites (tertiary alicyclic amines) is 1. The third-order valence-electron chi connectivity index (χ3n) is 4.20. The van der Waals surface area contributed by atoms with Gasteiger partial charge in [-0.2, -0.15) is 0 Å². The molecular formula is C14H26N2O2. The van der Waals surface area contributed by atoms with Crippen molar-refractivity contribution in [3.8, 4) is 0 Å². The number of carbonyl (C=O) groups is 1. The molecule has 0 bridgehead atoms. The highest BCUT2D eigenvalue weighted by atomic mass is 16.5. The summed E-state index contributed by atoms with van der Waals surface area (Å²) < 4.78 is 4.99. The minimum absolute atomic E-state index is 0.125. The molecule has 1 N–H and O–H groups in total. The van der Waals surface area contributed by atoms with Crippen molar-refractivity contribution >= 4 is 5.97 Å². The average Bonchev–Trinajstić information content (AvgIpc) is 2.98. The molecule has 4 nitrogen and oxygen atoms in total. The second-order valence-corrected chi connectivity index (χ2v) is 6.04. The summed E-state index contributed by atoms with van der Waals surface area (Å²) in [7, 11) is 1.48. The van der Waals surface area contributed by atoms with Crippen LogP contribution in [0, 0.1) is 0 Å². The number of nitrogens with one attached hydrogen (secondary N) is 1. The number of nitrogens with zero attached hydrogens (tertiary/aromatic N) is 1. The number of methoxy groups -OCH3 is 1. The standard InChI is InChI=1S/C14H26N2O2/c1-11(16-8-4-5-9-16)10-14(2,13(17)18-3)15-12-6-7-12/h11-12,15H,4-10H2,1-3H3. The summed E-state index contributed by atoms with van der Waals surface area (Å²) in [5.41, 5.74) is -0.530. The van der Waals surface area contributed by atoms with Crippen LogP contribution in [0.4, 0.5) is 0 Å². The Balaban J connectivity index is 1.96. The SMILES string of the molecule is COC(=O)C(C)(CC(C)N1CCCC1)NC1CC1. The van der Waals surface area contributed by atoms with Crippen LogP contribution < -0.4 is 5.32 Å². The smallest absolute Gasteiger partial charge is 0.325 e. The summed E-state index contributed by atoms with van der Waals surface area (Å²) >= 11 is 0. The monoisotopic (exact) mass is 254 g/mol. The number of hydrogen-bond donors (Lipinski definition) is 1. The summed E-state index contributed by atoms with van der Waals surface area (Å²) in [6.45, 7) is 6.55. The van der Waals surface area contributed by atoms with Crippen molar-refractivity contribution in [3.05, 3.63) is 0 Å². The van der Waals surface area contributed by atoms with Gasteiger partial charge < -0.3 is 9.64 Å². The van der Waals surface area contributed by atoms with Gasteiger partial charge >= 0.3 is 5.97 Å². The molecule has 1 heterocycles. The first kappa shape index (κ1) is 13.8. The largest absolute Gasteiger partial charge is 0.468 e. The van der Waals surface area contributed by atoms with Crippen LogP contribution in [-0.2, 0) is 9.53 Å². The van der Waals surface area contributed by atoms with Crippen LogP contribution in [0.3, 0.4) is 0 Å². The van der Waals surface area contributed by atoms with Gasteiger partial charge in [0.25, 0.3) is 0 Å². The van der Waals surface area contributed by atoms with Crippen LogP contribution in [-0.4, -0.2) is 48.7 Å². The molecular weight excluding hydrogens is 228 g/mol. The first-order valence-corrected chi connectivity index (χ1v) is 7.15. The summed E-state index contributed by atoms with van der Waals surface area (Å²) in [6, 6.07) is 0.947. The molecule has 1 saturated heterocycles. The number of esters is 1. The molecule has 0 amide bonds. The van der Waals surface area contributed by atoms with E-state index in [2.05, 4.69) is 17.1 Å². The van der Waals surface area contributed by atoms with Gasteiger partial charge in [0.05, 0.1) is 7.11 Å². The van der Waals surface area contributed by atoms with Crippen molar-refractivity contribution in [2.45, 2.75) is 63.6 Å². The maximum Gasteiger partial charge on any atom is 0.325 e. The van der Waals surface area contributed by atoms with Crippen molar-refractivity contribution in [1.29, 1.82) is 0 Å². The van der Waals surface area contributed by atoms with Crippen LogP contribution in [0.5, 0.6) is 0 Å². The van der Waals surface area contributed by atoms with E-state index in [-0.39, 0.29) is 5.97 Å². The van der Waals surface area contributed by atoms with Gasteiger partial charge in [0.2, 0.25) is 0 Å². The topological polar surface area (TPSA) is 41.6 Å². The Morgan fingerprint density at radius 3 is 2.56 bits per heavy atom. The molecule has 4 heteroatoms. The van der Waals surface area contributed by atoms with E-state index in [1.165, 1.54) is 45.9 Å². The Morgan fingerprint density at radius 2 is 2.06 bits per heavy atom. The first-order valence-electron chi connectivity index (χ1n) is 7.15. The number of carbonyl (C=O) groups excluding carboxylic acids is 1. The van der Waals surface area contributed by atoms with Gasteiger partial charge in [0.1, 0.15) is 5.54 Å². The predicted octanol–water partition coefficient (Wildman–Crippen LogP) is 1.54. The normalized spacial score (nSPS) is 25.7. The summed E-state index contributed by atoms with van der Waals surface area (Å²) in [5.74, 6) is -0.125. The van der Waals surface area contributed by atoms with Crippen LogP contribution in [0.2, 0.25) is 0 Å². The highest BCUT2D eigenvalue weighted by Crippen LogP contribution is 2.27. The Morgan fingerprint density at radius 1 is 1.44 bits per heavy atom. The highest BCUT2D eigenvalue weighted by Gasteiger charge is 2.41. The predicted molar refractivity (Wildman–Crippen MR) is 71.5 cm³/mol. The number of ether oxygens (including phenoxy) is 1. The lowest BCUT2D eigenvalue weighted by molar-refractivity contribution is -0.148. The van der Waals surface area contributed by atoms with Gasteiger partial charge in [-0.3, -0.25) is 10.1 Å². The van der Waals surface area contributed by atoms with E-state index in [9.17, 15) is 4.79 Å². The van der Waals surface area contributed by atoms with Gasteiger partial charge in [-0.15, -0.1) is 0 Å². The molecule has 1 aliphatic carbocycles. The Bertz CT molecular complexity index is 298. The van der Waals surface area contributed by atoms with Crippen molar-refractivity contribution in [2.24, 2.45) is 0 Å². The molecule has 0 aromatic carbocycles. The molecule has 2 rings (SSSR count). The highest BCUT2D eigenvalue weighted by molar-refractivity contribution is 5.80. The average molecular weight is 254 g/mol. The lowest BCUT2D eigenvalue weighted by atomic mass is 9.92. The molecule has 2 fully saturated rings. The van der Waals surface area contributed by atoms with Crippen molar-refractivity contribution in [3.63, 3.8) is 0 Å². The zero-order valence-electron chi connectivity index (χ0n) is 11.9. The first-order chi connectivity index (χ1) is 8.55. The van der Waals surface area contributed by atoms with Gasteiger partial charge in [0.15, 0.2) is 0 Å². The fourth-order valence-electron chi connectivity index (χ4n) is 3.01. The molecule has 0 radical (unpaired) electrons. The van der Waals surface area contributed by atoms with Crippen molar-refractivity contribution < 1.29 is 9.53 Å². The minimum atomic E-state index is -0.530. The van der Waals surface area contributed by atoms with E-state index >= 15 is 0 Å². The number of hydrogen-bond acceptors (Lipinski definition) is 4. The molecule has 0 spiro atoms. The summed E-state index contributed by atoms with van der Waals surface area (Å²) in [6.07, 6.45) is 5.77. The van der Waals surface area contributed by atoms with Gasteiger partial charge in [-0.05, 0) is 59.0 Å². The molecule has 2 unspecified atom stereocenters. The van der Waals surface area contributed by atoms with Crippen molar-refractivity contribution in [1.82, 2.24) is 10.2 Å². The van der Waals surface area contributed by atoms with E-state index < -0.39 is 5.54 Å². The molecule has 1 saturated carbocycles. The Labute approximate surface area is 110 Å². The summed E-state index contributed by atoms with van der Waals surface area (Å²) in [5, 5.41) is 3.47. The van der Waals surface area contributed by atoms with Crippen LogP contribution >= 0.6 is 0 Å².